The van der Waals surface area contributed by atoms with E-state index in [0.29, 0.717) is 22.6 Å². The molecule has 37 heavy (non-hydrogen) atoms. The Labute approximate surface area is 213 Å². The van der Waals surface area contributed by atoms with E-state index in [9.17, 15) is 10.1 Å². The first-order valence-corrected chi connectivity index (χ1v) is 12.2. The van der Waals surface area contributed by atoms with E-state index >= 15 is 4.39 Å². The van der Waals surface area contributed by atoms with E-state index in [0.717, 1.165) is 36.6 Å². The summed E-state index contributed by atoms with van der Waals surface area (Å²) in [5.74, 6) is -0.0727. The normalized spacial score (nSPS) is 13.6. The Bertz CT molecular complexity index is 1490. The fourth-order valence-electron chi connectivity index (χ4n) is 4.85. The number of ether oxygens (including phenoxy) is 2. The fraction of sp³-hybridized carbons (Fsp3) is 0.286. The number of nitriles is 1. The zero-order valence-corrected chi connectivity index (χ0v) is 20.6. The van der Waals surface area contributed by atoms with Crippen molar-refractivity contribution in [1.29, 1.82) is 5.26 Å². The number of carbonyl (C=O) groups is 1. The summed E-state index contributed by atoms with van der Waals surface area (Å²) in [5, 5.41) is 13.4. The second kappa shape index (κ2) is 10.3. The molecule has 1 amide bonds. The van der Waals surface area contributed by atoms with Crippen LogP contribution in [0.5, 0.6) is 11.8 Å². The van der Waals surface area contributed by atoms with Crippen molar-refractivity contribution >= 4 is 22.7 Å². The minimum Gasteiger partial charge on any atom is -0.447 e. The minimum atomic E-state index is -0.727. The molecule has 9 heteroatoms. The lowest BCUT2D eigenvalue weighted by atomic mass is 10.0. The number of aromatic nitrogens is 3. The van der Waals surface area contributed by atoms with Gasteiger partial charge in [-0.1, -0.05) is 18.9 Å². The van der Waals surface area contributed by atoms with E-state index in [-0.39, 0.29) is 23.8 Å². The fourth-order valence-corrected chi connectivity index (χ4v) is 4.85. The number of fused-ring (bicyclic) bond motifs is 1. The van der Waals surface area contributed by atoms with Gasteiger partial charge in [-0.05, 0) is 57.0 Å². The van der Waals surface area contributed by atoms with Crippen molar-refractivity contribution in [1.82, 2.24) is 14.5 Å². The predicted molar refractivity (Wildman–Crippen MR) is 137 cm³/mol. The van der Waals surface area contributed by atoms with Gasteiger partial charge in [-0.3, -0.25) is 5.32 Å². The maximum absolute atomic E-state index is 15.1. The number of nitrogens with zero attached hydrogens (tertiary/aromatic N) is 4. The number of benzene rings is 2. The highest BCUT2D eigenvalue weighted by Crippen LogP contribution is 2.43. The van der Waals surface area contributed by atoms with Crippen LogP contribution in [-0.2, 0) is 4.74 Å². The van der Waals surface area contributed by atoms with E-state index < -0.39 is 11.9 Å². The van der Waals surface area contributed by atoms with Gasteiger partial charge in [-0.15, -0.1) is 0 Å². The quantitative estimate of drug-likeness (QED) is 0.307. The molecule has 4 aromatic rings. The Balaban J connectivity index is 1.61. The maximum atomic E-state index is 15.1. The molecule has 0 atom stereocenters. The minimum absolute atomic E-state index is 0.00924. The van der Waals surface area contributed by atoms with E-state index in [1.165, 1.54) is 12.1 Å². The molecule has 1 fully saturated rings. The van der Waals surface area contributed by atoms with Gasteiger partial charge in [0.2, 0.25) is 0 Å². The molecule has 0 radical (unpaired) electrons. The van der Waals surface area contributed by atoms with Crippen molar-refractivity contribution in [2.45, 2.75) is 51.7 Å². The molecule has 2 heterocycles. The zero-order chi connectivity index (χ0) is 25.9. The molecule has 8 nitrogen and oxygen atoms in total. The van der Waals surface area contributed by atoms with Crippen molar-refractivity contribution in [3.63, 3.8) is 0 Å². The summed E-state index contributed by atoms with van der Waals surface area (Å²) in [7, 11) is 0. The van der Waals surface area contributed by atoms with E-state index in [4.69, 9.17) is 9.47 Å². The van der Waals surface area contributed by atoms with Crippen LogP contribution in [0, 0.1) is 17.1 Å². The van der Waals surface area contributed by atoms with Crippen LogP contribution in [-0.4, -0.2) is 26.7 Å². The molecule has 0 aliphatic heterocycles. The number of hydrogen-bond donors (Lipinski definition) is 1. The molecule has 2 aromatic heterocycles. The number of halogens is 1. The van der Waals surface area contributed by atoms with Crippen molar-refractivity contribution in [3.05, 3.63) is 66.2 Å². The molecule has 0 bridgehead atoms. The summed E-state index contributed by atoms with van der Waals surface area (Å²) in [6, 6.07) is 14.5. The first kappa shape index (κ1) is 24.3. The van der Waals surface area contributed by atoms with Crippen LogP contribution in [0.1, 0.15) is 51.1 Å². The second-order valence-corrected chi connectivity index (χ2v) is 9.23. The van der Waals surface area contributed by atoms with E-state index in [1.807, 2.05) is 12.1 Å². The standard InChI is InChI=1S/C28H26FN5O3/c1-17(2)36-28(35)33-24-11-8-18(14-23(24)29)26-22(16-30)21-10-9-20(37-27-31-12-5-13-32-27)15-25(21)34(26)19-6-3-4-7-19/h5,8-15,17,19H,3-4,6-7H2,1-2H3,(H,33,35). The Morgan fingerprint density at radius 3 is 2.59 bits per heavy atom. The number of nitrogens with one attached hydrogen (secondary N) is 1. The first-order chi connectivity index (χ1) is 17.9. The molecule has 1 N–H and O–H groups in total. The molecule has 1 aliphatic carbocycles. The van der Waals surface area contributed by atoms with Crippen molar-refractivity contribution in [2.75, 3.05) is 5.32 Å². The van der Waals surface area contributed by atoms with Gasteiger partial charge in [0, 0.05) is 35.5 Å². The maximum Gasteiger partial charge on any atom is 0.411 e. The third-order valence-electron chi connectivity index (χ3n) is 6.35. The summed E-state index contributed by atoms with van der Waals surface area (Å²) >= 11 is 0. The van der Waals surface area contributed by atoms with Crippen LogP contribution >= 0.6 is 0 Å². The van der Waals surface area contributed by atoms with Crippen LogP contribution in [0.4, 0.5) is 14.9 Å². The molecule has 1 aliphatic rings. The van der Waals surface area contributed by atoms with Crippen LogP contribution < -0.4 is 10.1 Å². The molecule has 188 valence electrons. The largest absolute Gasteiger partial charge is 0.447 e. The lowest BCUT2D eigenvalue weighted by Gasteiger charge is -2.19. The Morgan fingerprint density at radius 2 is 1.92 bits per heavy atom. The van der Waals surface area contributed by atoms with Crippen molar-refractivity contribution in [2.24, 2.45) is 0 Å². The van der Waals surface area contributed by atoms with E-state index in [1.54, 1.807) is 44.4 Å². The number of rotatable bonds is 6. The number of amides is 1. The lowest BCUT2D eigenvalue weighted by Crippen LogP contribution is -2.18. The van der Waals surface area contributed by atoms with Crippen LogP contribution in [0.25, 0.3) is 22.2 Å². The van der Waals surface area contributed by atoms with E-state index in [2.05, 4.69) is 25.9 Å². The summed E-state index contributed by atoms with van der Waals surface area (Å²) in [4.78, 5) is 20.2. The number of hydrogen-bond acceptors (Lipinski definition) is 6. The van der Waals surface area contributed by atoms with Gasteiger partial charge in [0.15, 0.2) is 0 Å². The molecule has 1 saturated carbocycles. The van der Waals surface area contributed by atoms with Gasteiger partial charge in [0.25, 0.3) is 0 Å². The summed E-state index contributed by atoms with van der Waals surface area (Å²) in [6.07, 6.45) is 6.21. The second-order valence-electron chi connectivity index (χ2n) is 9.23. The Kier molecular flexibility index (Phi) is 6.73. The summed E-state index contributed by atoms with van der Waals surface area (Å²) in [6.45, 7) is 3.43. The highest BCUT2D eigenvalue weighted by molar-refractivity contribution is 5.96. The van der Waals surface area contributed by atoms with Crippen LogP contribution in [0.15, 0.2) is 54.9 Å². The number of anilines is 1. The first-order valence-electron chi connectivity index (χ1n) is 12.2. The Morgan fingerprint density at radius 1 is 1.16 bits per heavy atom. The van der Waals surface area contributed by atoms with Crippen molar-refractivity contribution in [3.8, 4) is 29.1 Å². The summed E-state index contributed by atoms with van der Waals surface area (Å²) < 4.78 is 28.2. The van der Waals surface area contributed by atoms with Gasteiger partial charge < -0.3 is 14.0 Å². The molecule has 0 spiro atoms. The molecule has 2 aromatic carbocycles. The lowest BCUT2D eigenvalue weighted by molar-refractivity contribution is 0.130. The van der Waals surface area contributed by atoms with Crippen molar-refractivity contribution < 1.29 is 18.7 Å². The van der Waals surface area contributed by atoms with Crippen LogP contribution in [0.2, 0.25) is 0 Å². The van der Waals surface area contributed by atoms with Gasteiger partial charge >= 0.3 is 12.1 Å². The average molecular weight is 500 g/mol. The third kappa shape index (κ3) is 4.96. The molecular formula is C28H26FN5O3. The highest BCUT2D eigenvalue weighted by atomic mass is 19.1. The molecular weight excluding hydrogens is 473 g/mol. The molecule has 0 saturated heterocycles. The van der Waals surface area contributed by atoms with Gasteiger partial charge in [0.1, 0.15) is 17.6 Å². The highest BCUT2D eigenvalue weighted by Gasteiger charge is 2.27. The van der Waals surface area contributed by atoms with Gasteiger partial charge in [0.05, 0.1) is 28.6 Å². The van der Waals surface area contributed by atoms with Crippen LogP contribution in [0.3, 0.4) is 0 Å². The number of carbonyl (C=O) groups excluding carboxylic acids is 1. The smallest absolute Gasteiger partial charge is 0.411 e. The summed E-state index contributed by atoms with van der Waals surface area (Å²) in [5.41, 5.74) is 2.50. The third-order valence-corrected chi connectivity index (χ3v) is 6.35. The molecule has 5 rings (SSSR count). The predicted octanol–water partition coefficient (Wildman–Crippen LogP) is 6.97. The monoisotopic (exact) mass is 499 g/mol. The van der Waals surface area contributed by atoms with Gasteiger partial charge in [-0.2, -0.15) is 5.26 Å². The topological polar surface area (TPSA) is 102 Å². The zero-order valence-electron chi connectivity index (χ0n) is 20.6. The average Bonchev–Trinajstić information content (AvgIpc) is 3.51. The van der Waals surface area contributed by atoms with Gasteiger partial charge in [-0.25, -0.2) is 19.2 Å². The molecule has 0 unspecified atom stereocenters. The Hall–Kier alpha value is -4.45. The SMILES string of the molecule is CC(C)OC(=O)Nc1ccc(-c2c(C#N)c3ccc(Oc4ncccn4)cc3n2C2CCCC2)cc1F.